The van der Waals surface area contributed by atoms with Gasteiger partial charge >= 0.3 is 0 Å². The second kappa shape index (κ2) is 6.43. The maximum atomic E-state index is 10.1. The first kappa shape index (κ1) is 17.6. The van der Waals surface area contributed by atoms with Crippen LogP contribution in [0.25, 0.3) is 11.3 Å². The summed E-state index contributed by atoms with van der Waals surface area (Å²) in [6.45, 7) is 5.74. The van der Waals surface area contributed by atoms with Gasteiger partial charge in [-0.05, 0) is 62.1 Å². The van der Waals surface area contributed by atoms with Gasteiger partial charge in [0.25, 0.3) is 0 Å². The molecule has 0 amide bonds. The third-order valence-corrected chi connectivity index (χ3v) is 5.35. The maximum Gasteiger partial charge on any atom is 0.223 e. The van der Waals surface area contributed by atoms with E-state index in [0.29, 0.717) is 6.42 Å². The Morgan fingerprint density at radius 3 is 2.50 bits per heavy atom. The number of nitrogens with zero attached hydrogens (tertiary/aromatic N) is 3. The maximum absolute atomic E-state index is 10.1. The van der Waals surface area contributed by atoms with E-state index in [9.17, 15) is 5.11 Å². The van der Waals surface area contributed by atoms with Crippen molar-refractivity contribution in [3.63, 3.8) is 0 Å². The molecule has 26 heavy (non-hydrogen) atoms. The van der Waals surface area contributed by atoms with Gasteiger partial charge in [-0.2, -0.15) is 0 Å². The van der Waals surface area contributed by atoms with Crippen LogP contribution in [0.1, 0.15) is 68.8 Å². The Morgan fingerprint density at radius 1 is 1.19 bits per heavy atom. The van der Waals surface area contributed by atoms with Gasteiger partial charge in [0.1, 0.15) is 0 Å². The molecule has 0 bridgehead atoms. The van der Waals surface area contributed by atoms with Crippen molar-refractivity contribution in [1.82, 2.24) is 9.97 Å². The van der Waals surface area contributed by atoms with Gasteiger partial charge in [0.2, 0.25) is 5.28 Å². The smallest absolute Gasteiger partial charge is 0.223 e. The SMILES string of the molecule is CC(CC(C)(C)O)C1N=Cc2c(-c3ccc(C4CC4)cc3)nc(Cl)nc21. The van der Waals surface area contributed by atoms with Crippen LogP contribution in [0.15, 0.2) is 29.3 Å². The first-order valence-electron chi connectivity index (χ1n) is 9.25. The van der Waals surface area contributed by atoms with Gasteiger partial charge in [-0.3, -0.25) is 4.99 Å². The van der Waals surface area contributed by atoms with Gasteiger partial charge in [0.15, 0.2) is 0 Å². The van der Waals surface area contributed by atoms with Gasteiger partial charge in [0, 0.05) is 17.3 Å². The van der Waals surface area contributed by atoms with Crippen LogP contribution in [-0.4, -0.2) is 26.9 Å². The lowest BCUT2D eigenvalue weighted by Gasteiger charge is -2.25. The number of benzene rings is 1. The van der Waals surface area contributed by atoms with Crippen molar-refractivity contribution in [3.8, 4) is 11.3 Å². The van der Waals surface area contributed by atoms with Crippen molar-refractivity contribution >= 4 is 17.8 Å². The molecule has 1 N–H and O–H groups in total. The van der Waals surface area contributed by atoms with E-state index in [2.05, 4.69) is 46.1 Å². The molecule has 1 saturated carbocycles. The first-order chi connectivity index (χ1) is 12.3. The summed E-state index contributed by atoms with van der Waals surface area (Å²) in [5.41, 5.74) is 4.34. The van der Waals surface area contributed by atoms with Crippen LogP contribution < -0.4 is 0 Å². The molecule has 1 aliphatic heterocycles. The van der Waals surface area contributed by atoms with E-state index in [1.807, 2.05) is 20.1 Å². The third kappa shape index (κ3) is 3.53. The van der Waals surface area contributed by atoms with Crippen LogP contribution in [0.4, 0.5) is 0 Å². The minimum atomic E-state index is -0.740. The van der Waals surface area contributed by atoms with Crippen LogP contribution >= 0.6 is 11.6 Å². The van der Waals surface area contributed by atoms with Gasteiger partial charge < -0.3 is 5.11 Å². The summed E-state index contributed by atoms with van der Waals surface area (Å²) in [6.07, 6.45) is 5.09. The fourth-order valence-electron chi connectivity index (χ4n) is 3.90. The summed E-state index contributed by atoms with van der Waals surface area (Å²) in [6, 6.07) is 8.52. The molecular formula is C21H24ClN3O. The van der Waals surface area contributed by atoms with E-state index in [4.69, 9.17) is 11.6 Å². The zero-order valence-corrected chi connectivity index (χ0v) is 16.2. The van der Waals surface area contributed by atoms with Gasteiger partial charge in [-0.15, -0.1) is 0 Å². The van der Waals surface area contributed by atoms with Crippen LogP contribution in [0, 0.1) is 5.92 Å². The van der Waals surface area contributed by atoms with E-state index in [0.717, 1.165) is 28.4 Å². The number of aliphatic hydroxyl groups is 1. The highest BCUT2D eigenvalue weighted by Crippen LogP contribution is 2.42. The number of aliphatic imine (C=N–C) groups is 1. The highest BCUT2D eigenvalue weighted by Gasteiger charge is 2.32. The molecule has 4 rings (SSSR count). The highest BCUT2D eigenvalue weighted by molar-refractivity contribution is 6.28. The van der Waals surface area contributed by atoms with Crippen molar-refractivity contribution in [2.24, 2.45) is 10.9 Å². The molecule has 5 heteroatoms. The molecule has 0 spiro atoms. The topological polar surface area (TPSA) is 58.4 Å². The summed E-state index contributed by atoms with van der Waals surface area (Å²) in [5.74, 6) is 0.890. The third-order valence-electron chi connectivity index (χ3n) is 5.19. The van der Waals surface area contributed by atoms with Crippen LogP contribution in [0.2, 0.25) is 5.28 Å². The molecule has 4 nitrogen and oxygen atoms in total. The fourth-order valence-corrected chi connectivity index (χ4v) is 4.08. The summed E-state index contributed by atoms with van der Waals surface area (Å²) in [5, 5.41) is 10.4. The second-order valence-electron chi connectivity index (χ2n) is 8.25. The zero-order chi connectivity index (χ0) is 18.5. The molecule has 2 unspecified atom stereocenters. The van der Waals surface area contributed by atoms with E-state index in [1.54, 1.807) is 0 Å². The molecule has 136 valence electrons. The van der Waals surface area contributed by atoms with Gasteiger partial charge in [-0.1, -0.05) is 31.2 Å². The molecule has 2 atom stereocenters. The second-order valence-corrected chi connectivity index (χ2v) is 8.59. The van der Waals surface area contributed by atoms with E-state index in [1.165, 1.54) is 18.4 Å². The van der Waals surface area contributed by atoms with Crippen LogP contribution in [0.5, 0.6) is 0 Å². The molecule has 1 aromatic heterocycles. The molecule has 2 heterocycles. The minimum absolute atomic E-state index is 0.0959. The summed E-state index contributed by atoms with van der Waals surface area (Å²) in [4.78, 5) is 13.6. The minimum Gasteiger partial charge on any atom is -0.390 e. The van der Waals surface area contributed by atoms with Crippen molar-refractivity contribution in [3.05, 3.63) is 46.4 Å². The molecule has 1 fully saturated rings. The quantitative estimate of drug-likeness (QED) is 0.759. The van der Waals surface area contributed by atoms with Crippen LogP contribution in [-0.2, 0) is 0 Å². The number of hydrogen-bond acceptors (Lipinski definition) is 4. The molecule has 2 aliphatic rings. The molecule has 2 aromatic rings. The number of fused-ring (bicyclic) bond motifs is 1. The Bertz CT molecular complexity index is 851. The Kier molecular flexibility index (Phi) is 4.36. The normalized spacial score (nSPS) is 20.3. The molecular weight excluding hydrogens is 346 g/mol. The predicted octanol–water partition coefficient (Wildman–Crippen LogP) is 4.95. The standard InChI is InChI=1S/C21H24ClN3O/c1-12(10-21(2,3)26)17-19-16(11-23-17)18(24-20(22)25-19)15-8-6-14(7-9-15)13-4-5-13/h6-9,11-13,17,26H,4-5,10H2,1-3H3. The van der Waals surface area contributed by atoms with Crippen molar-refractivity contribution in [2.45, 2.75) is 57.6 Å². The zero-order valence-electron chi connectivity index (χ0n) is 15.4. The number of rotatable bonds is 5. The largest absolute Gasteiger partial charge is 0.390 e. The summed E-state index contributed by atoms with van der Waals surface area (Å²) >= 11 is 6.25. The van der Waals surface area contributed by atoms with E-state index in [-0.39, 0.29) is 17.2 Å². The van der Waals surface area contributed by atoms with Crippen molar-refractivity contribution in [1.29, 1.82) is 0 Å². The fraction of sp³-hybridized carbons (Fsp3) is 0.476. The summed E-state index contributed by atoms with van der Waals surface area (Å²) < 4.78 is 0. The Labute approximate surface area is 159 Å². The number of halogens is 1. The lowest BCUT2D eigenvalue weighted by atomic mass is 9.87. The number of aromatic nitrogens is 2. The number of hydrogen-bond donors (Lipinski definition) is 1. The highest BCUT2D eigenvalue weighted by atomic mass is 35.5. The Hall–Kier alpha value is -1.78. The predicted molar refractivity (Wildman–Crippen MR) is 105 cm³/mol. The van der Waals surface area contributed by atoms with E-state index >= 15 is 0 Å². The van der Waals surface area contributed by atoms with Crippen LogP contribution in [0.3, 0.4) is 0 Å². The Balaban J connectivity index is 1.68. The first-order valence-corrected chi connectivity index (χ1v) is 9.63. The molecule has 0 saturated heterocycles. The Morgan fingerprint density at radius 2 is 1.88 bits per heavy atom. The lowest BCUT2D eigenvalue weighted by Crippen LogP contribution is -2.24. The van der Waals surface area contributed by atoms with Crippen molar-refractivity contribution in [2.75, 3.05) is 0 Å². The average molecular weight is 370 g/mol. The van der Waals surface area contributed by atoms with Gasteiger partial charge in [-0.25, -0.2) is 9.97 Å². The van der Waals surface area contributed by atoms with Gasteiger partial charge in [0.05, 0.1) is 23.0 Å². The lowest BCUT2D eigenvalue weighted by molar-refractivity contribution is 0.0512. The molecule has 1 aromatic carbocycles. The molecule has 1 aliphatic carbocycles. The summed E-state index contributed by atoms with van der Waals surface area (Å²) in [7, 11) is 0. The van der Waals surface area contributed by atoms with E-state index < -0.39 is 5.60 Å². The molecule has 0 radical (unpaired) electrons. The monoisotopic (exact) mass is 369 g/mol. The average Bonchev–Trinajstić information content (AvgIpc) is 3.32. The van der Waals surface area contributed by atoms with Crippen molar-refractivity contribution < 1.29 is 5.11 Å².